The number of carbonyl (C=O) groups is 3. The molecule has 0 aromatic carbocycles. The molecule has 1 saturated heterocycles. The molecule has 2 rings (SSSR count). The highest BCUT2D eigenvalue weighted by molar-refractivity contribution is 5.89. The van der Waals surface area contributed by atoms with Crippen molar-refractivity contribution >= 4 is 18.2 Å². The van der Waals surface area contributed by atoms with Crippen LogP contribution in [-0.4, -0.2) is 62.6 Å². The van der Waals surface area contributed by atoms with E-state index in [0.29, 0.717) is 29.2 Å². The summed E-state index contributed by atoms with van der Waals surface area (Å²) in [7, 11) is 0. The summed E-state index contributed by atoms with van der Waals surface area (Å²) < 4.78 is 13.5. The standard InChI is InChI=1S/C18H26FN5O5/c1-2-3-4-5-13(10-22(28)12-25)18(27)24-15(8-9-20-24)17(26)21-16-7-6-14(19)11-23(16)29/h6-7,11-13,15,20,28-29H,2-5,8-10H2,1H3/t13-,15+/m1/s1. The van der Waals surface area contributed by atoms with E-state index in [9.17, 15) is 29.2 Å². The summed E-state index contributed by atoms with van der Waals surface area (Å²) in [4.78, 5) is 40.1. The van der Waals surface area contributed by atoms with Gasteiger partial charge in [0.1, 0.15) is 11.9 Å². The Kier molecular flexibility index (Phi) is 8.28. The smallest absolute Gasteiger partial charge is 0.272 e. The summed E-state index contributed by atoms with van der Waals surface area (Å²) in [5, 5.41) is 20.8. The van der Waals surface area contributed by atoms with Crippen LogP contribution in [0.2, 0.25) is 0 Å². The minimum Gasteiger partial charge on any atom is -0.427 e. The van der Waals surface area contributed by atoms with E-state index in [2.05, 4.69) is 10.4 Å². The van der Waals surface area contributed by atoms with E-state index in [4.69, 9.17) is 0 Å². The van der Waals surface area contributed by atoms with Crippen LogP contribution in [-0.2, 0) is 14.4 Å². The molecule has 2 atom stereocenters. The van der Waals surface area contributed by atoms with Crippen LogP contribution in [0.4, 0.5) is 4.39 Å². The zero-order valence-corrected chi connectivity index (χ0v) is 16.2. The third-order valence-corrected chi connectivity index (χ3v) is 4.67. The molecule has 11 heteroatoms. The average Bonchev–Trinajstić information content (AvgIpc) is 3.18. The summed E-state index contributed by atoms with van der Waals surface area (Å²) in [6.45, 7) is 2.19. The lowest BCUT2D eigenvalue weighted by Gasteiger charge is -2.27. The highest BCUT2D eigenvalue weighted by Crippen LogP contribution is 2.19. The molecule has 0 saturated carbocycles. The predicted molar refractivity (Wildman–Crippen MR) is 97.6 cm³/mol. The lowest BCUT2D eigenvalue weighted by Crippen LogP contribution is -2.50. The van der Waals surface area contributed by atoms with Gasteiger partial charge in [-0.3, -0.25) is 24.6 Å². The van der Waals surface area contributed by atoms with Crippen molar-refractivity contribution in [2.45, 2.75) is 45.1 Å². The number of rotatable bonds is 9. The maximum Gasteiger partial charge on any atom is 0.272 e. The van der Waals surface area contributed by atoms with E-state index in [1.807, 2.05) is 6.92 Å². The molecule has 1 aromatic rings. The molecule has 0 spiro atoms. The molecule has 2 heterocycles. The number of aromatic nitrogens is 1. The van der Waals surface area contributed by atoms with Gasteiger partial charge in [0, 0.05) is 6.54 Å². The van der Waals surface area contributed by atoms with Crippen LogP contribution in [0.5, 0.6) is 0 Å². The molecule has 1 fully saturated rings. The first kappa shape index (κ1) is 22.5. The van der Waals surface area contributed by atoms with E-state index in [-0.39, 0.29) is 18.4 Å². The monoisotopic (exact) mass is 411 g/mol. The second-order valence-electron chi connectivity index (χ2n) is 6.84. The van der Waals surface area contributed by atoms with Gasteiger partial charge in [-0.15, -0.1) is 0 Å². The van der Waals surface area contributed by atoms with Gasteiger partial charge in [0.05, 0.1) is 18.7 Å². The topological polar surface area (TPSA) is 127 Å². The van der Waals surface area contributed by atoms with Crippen molar-refractivity contribution in [1.82, 2.24) is 20.2 Å². The molecule has 1 aromatic heterocycles. The maximum absolute atomic E-state index is 13.1. The molecule has 0 aliphatic carbocycles. The van der Waals surface area contributed by atoms with Crippen molar-refractivity contribution in [1.29, 1.82) is 0 Å². The van der Waals surface area contributed by atoms with Crippen molar-refractivity contribution in [2.24, 2.45) is 10.9 Å². The van der Waals surface area contributed by atoms with Crippen LogP contribution in [0.1, 0.15) is 39.0 Å². The van der Waals surface area contributed by atoms with Gasteiger partial charge in [0.15, 0.2) is 5.49 Å². The number of hydrogen-bond donors (Lipinski definition) is 3. The normalized spacial score (nSPS) is 18.0. The van der Waals surface area contributed by atoms with Crippen LogP contribution in [0.25, 0.3) is 0 Å². The van der Waals surface area contributed by atoms with Gasteiger partial charge in [0.2, 0.25) is 12.3 Å². The fourth-order valence-electron chi connectivity index (χ4n) is 3.16. The van der Waals surface area contributed by atoms with Crippen LogP contribution in [0.3, 0.4) is 0 Å². The second kappa shape index (κ2) is 10.7. The third-order valence-electron chi connectivity index (χ3n) is 4.67. The van der Waals surface area contributed by atoms with Gasteiger partial charge < -0.3 is 5.21 Å². The first-order chi connectivity index (χ1) is 13.9. The second-order valence-corrected chi connectivity index (χ2v) is 6.84. The first-order valence-electron chi connectivity index (χ1n) is 9.50. The average molecular weight is 411 g/mol. The zero-order valence-electron chi connectivity index (χ0n) is 16.2. The van der Waals surface area contributed by atoms with Crippen molar-refractivity contribution in [3.8, 4) is 0 Å². The first-order valence-corrected chi connectivity index (χ1v) is 9.50. The van der Waals surface area contributed by atoms with Gasteiger partial charge in [-0.05, 0) is 25.0 Å². The third kappa shape index (κ3) is 6.09. The summed E-state index contributed by atoms with van der Waals surface area (Å²) >= 11 is 0. The van der Waals surface area contributed by atoms with E-state index < -0.39 is 29.6 Å². The fraction of sp³-hybridized carbons (Fsp3) is 0.556. The number of carbonyl (C=O) groups excluding carboxylic acids is 3. The summed E-state index contributed by atoms with van der Waals surface area (Å²) in [6, 6.07) is 1.28. The Hall–Kier alpha value is -2.79. The predicted octanol–water partition coefficient (Wildman–Crippen LogP) is 0.441. The SMILES string of the molecule is CCCCC[C@H](CN(O)C=O)C(=O)N1NCC[C@H]1C(=O)N=c1ccc(F)cn1O. The van der Waals surface area contributed by atoms with Crippen LogP contribution < -0.4 is 10.9 Å². The van der Waals surface area contributed by atoms with Gasteiger partial charge in [0.25, 0.3) is 5.91 Å². The molecule has 0 unspecified atom stereocenters. The van der Waals surface area contributed by atoms with Crippen molar-refractivity contribution in [3.63, 3.8) is 0 Å². The zero-order chi connectivity index (χ0) is 21.4. The highest BCUT2D eigenvalue weighted by Gasteiger charge is 2.37. The molecule has 1 aliphatic heterocycles. The highest BCUT2D eigenvalue weighted by atomic mass is 19.1. The molecular weight excluding hydrogens is 385 g/mol. The van der Waals surface area contributed by atoms with Crippen molar-refractivity contribution in [3.05, 3.63) is 29.6 Å². The van der Waals surface area contributed by atoms with Gasteiger partial charge in [-0.25, -0.2) is 14.9 Å². The molecule has 1 aliphatic rings. The Labute approximate surface area is 167 Å². The number of nitrogens with zero attached hydrogens (tertiary/aromatic N) is 4. The molecule has 0 radical (unpaired) electrons. The minimum atomic E-state index is -0.912. The van der Waals surface area contributed by atoms with E-state index in [1.165, 1.54) is 5.01 Å². The van der Waals surface area contributed by atoms with E-state index in [0.717, 1.165) is 37.6 Å². The van der Waals surface area contributed by atoms with Gasteiger partial charge in [-0.1, -0.05) is 26.2 Å². The van der Waals surface area contributed by atoms with E-state index >= 15 is 0 Å². The number of pyridine rings is 1. The van der Waals surface area contributed by atoms with Crippen LogP contribution in [0.15, 0.2) is 23.3 Å². The van der Waals surface area contributed by atoms with E-state index in [1.54, 1.807) is 0 Å². The number of halogens is 1. The van der Waals surface area contributed by atoms with Crippen molar-refractivity contribution in [2.75, 3.05) is 13.1 Å². The molecule has 29 heavy (non-hydrogen) atoms. The maximum atomic E-state index is 13.1. The molecule has 3 amide bonds. The number of hydrazine groups is 1. The number of unbranched alkanes of at least 4 members (excludes halogenated alkanes) is 2. The summed E-state index contributed by atoms with van der Waals surface area (Å²) in [6.07, 6.45) is 4.31. The molecule has 0 bridgehead atoms. The Balaban J connectivity index is 2.18. The quantitative estimate of drug-likeness (QED) is 0.178. The van der Waals surface area contributed by atoms with Crippen LogP contribution >= 0.6 is 0 Å². The Bertz CT molecular complexity index is 799. The largest absolute Gasteiger partial charge is 0.427 e. The molecular formula is C18H26FN5O5. The Morgan fingerprint density at radius 1 is 1.45 bits per heavy atom. The molecule has 160 valence electrons. The summed E-state index contributed by atoms with van der Waals surface area (Å²) in [5.74, 6) is -2.49. The molecule has 10 nitrogen and oxygen atoms in total. The Morgan fingerprint density at radius 3 is 2.86 bits per heavy atom. The Morgan fingerprint density at radius 2 is 2.21 bits per heavy atom. The lowest BCUT2D eigenvalue weighted by atomic mass is 9.99. The van der Waals surface area contributed by atoms with Crippen molar-refractivity contribution < 1.29 is 29.2 Å². The summed E-state index contributed by atoms with van der Waals surface area (Å²) in [5.41, 5.74) is 2.68. The van der Waals surface area contributed by atoms with Gasteiger partial charge in [-0.2, -0.15) is 9.72 Å². The minimum absolute atomic E-state index is 0.169. The fourth-order valence-corrected chi connectivity index (χ4v) is 3.16. The molecule has 3 N–H and O–H groups in total. The number of hydroxylamine groups is 2. The number of hydrogen-bond acceptors (Lipinski definition) is 6. The van der Waals surface area contributed by atoms with Gasteiger partial charge >= 0.3 is 0 Å². The number of amides is 3. The number of nitrogens with one attached hydrogen (secondary N) is 1. The lowest BCUT2D eigenvalue weighted by molar-refractivity contribution is -0.159. The van der Waals surface area contributed by atoms with Crippen LogP contribution in [0, 0.1) is 11.7 Å².